The molecule has 5 atom stereocenters. The van der Waals surface area contributed by atoms with E-state index < -0.39 is 5.60 Å². The van der Waals surface area contributed by atoms with Gasteiger partial charge in [0.1, 0.15) is 5.60 Å². The Morgan fingerprint density at radius 1 is 1.24 bits per heavy atom. The fourth-order valence-corrected chi connectivity index (χ4v) is 3.50. The highest BCUT2D eigenvalue weighted by Gasteiger charge is 2.44. The summed E-state index contributed by atoms with van der Waals surface area (Å²) in [7, 11) is 1.53. The van der Waals surface area contributed by atoms with Gasteiger partial charge in [-0.25, -0.2) is 19.6 Å². The molecule has 0 spiro atoms. The van der Waals surface area contributed by atoms with Crippen LogP contribution in [0.1, 0.15) is 40.0 Å². The standard InChI is InChI=1S/C15H28Cl2O4/c1-11-7-13(10-20-19-6-5-16)9-14(8-11)15(3,12(2)17)21-18-4/h11-14H,5-10H2,1-4H3. The number of halogens is 2. The molecule has 0 aliphatic heterocycles. The van der Waals surface area contributed by atoms with Gasteiger partial charge in [0.15, 0.2) is 0 Å². The second-order valence-corrected chi connectivity index (χ2v) is 7.25. The predicted octanol–water partition coefficient (Wildman–Crippen LogP) is 4.19. The van der Waals surface area contributed by atoms with Crippen LogP contribution in [0.2, 0.25) is 0 Å². The monoisotopic (exact) mass is 342 g/mol. The quantitative estimate of drug-likeness (QED) is 0.272. The van der Waals surface area contributed by atoms with E-state index in [1.165, 1.54) is 7.11 Å². The molecule has 21 heavy (non-hydrogen) atoms. The topological polar surface area (TPSA) is 36.9 Å². The van der Waals surface area contributed by atoms with Crippen molar-refractivity contribution in [3.63, 3.8) is 0 Å². The largest absolute Gasteiger partial charge is 0.239 e. The van der Waals surface area contributed by atoms with Crippen molar-refractivity contribution in [2.45, 2.75) is 51.0 Å². The lowest BCUT2D eigenvalue weighted by Gasteiger charge is -2.43. The van der Waals surface area contributed by atoms with Crippen LogP contribution in [0.4, 0.5) is 0 Å². The van der Waals surface area contributed by atoms with Gasteiger partial charge in [0.2, 0.25) is 0 Å². The van der Waals surface area contributed by atoms with Crippen molar-refractivity contribution in [1.29, 1.82) is 0 Å². The first-order valence-electron chi connectivity index (χ1n) is 7.60. The van der Waals surface area contributed by atoms with Crippen LogP contribution in [0.15, 0.2) is 0 Å². The van der Waals surface area contributed by atoms with Gasteiger partial charge in [0.05, 0.1) is 25.7 Å². The minimum absolute atomic E-state index is 0.137. The maximum atomic E-state index is 6.36. The highest BCUT2D eigenvalue weighted by Crippen LogP contribution is 2.43. The summed E-state index contributed by atoms with van der Waals surface area (Å²) in [4.78, 5) is 20.8. The van der Waals surface area contributed by atoms with Gasteiger partial charge in [0.25, 0.3) is 0 Å². The third-order valence-corrected chi connectivity index (χ3v) is 5.04. The maximum absolute atomic E-state index is 6.36. The predicted molar refractivity (Wildman–Crippen MR) is 84.4 cm³/mol. The lowest BCUT2D eigenvalue weighted by molar-refractivity contribution is -0.357. The summed E-state index contributed by atoms with van der Waals surface area (Å²) in [5.74, 6) is 1.80. The molecule has 1 rings (SSSR count). The van der Waals surface area contributed by atoms with Gasteiger partial charge in [-0.15, -0.1) is 23.2 Å². The van der Waals surface area contributed by atoms with Crippen LogP contribution in [0.3, 0.4) is 0 Å². The molecule has 0 radical (unpaired) electrons. The number of rotatable bonds is 9. The molecule has 0 saturated heterocycles. The molecule has 4 nitrogen and oxygen atoms in total. The van der Waals surface area contributed by atoms with Gasteiger partial charge in [-0.05, 0) is 50.9 Å². The smallest absolute Gasteiger partial charge is 0.119 e. The van der Waals surface area contributed by atoms with Gasteiger partial charge in [-0.1, -0.05) is 6.92 Å². The molecule has 1 fully saturated rings. The van der Waals surface area contributed by atoms with Crippen LogP contribution < -0.4 is 0 Å². The van der Waals surface area contributed by atoms with E-state index in [1.54, 1.807) is 0 Å². The Morgan fingerprint density at radius 3 is 2.52 bits per heavy atom. The van der Waals surface area contributed by atoms with E-state index in [4.69, 9.17) is 42.8 Å². The van der Waals surface area contributed by atoms with Crippen molar-refractivity contribution in [2.24, 2.45) is 17.8 Å². The van der Waals surface area contributed by atoms with Crippen molar-refractivity contribution in [2.75, 3.05) is 26.2 Å². The Kier molecular flexibility index (Phi) is 8.84. The molecule has 0 bridgehead atoms. The Balaban J connectivity index is 2.61. The molecule has 126 valence electrons. The molecular weight excluding hydrogens is 315 g/mol. The molecule has 1 saturated carbocycles. The van der Waals surface area contributed by atoms with Gasteiger partial charge < -0.3 is 0 Å². The number of hydrogen-bond acceptors (Lipinski definition) is 4. The van der Waals surface area contributed by atoms with Crippen LogP contribution in [0, 0.1) is 17.8 Å². The molecule has 0 aromatic carbocycles. The van der Waals surface area contributed by atoms with E-state index in [0.717, 1.165) is 19.3 Å². The van der Waals surface area contributed by atoms with Crippen molar-refractivity contribution in [1.82, 2.24) is 0 Å². The Morgan fingerprint density at radius 2 is 1.95 bits per heavy atom. The molecular formula is C15H28Cl2O4. The summed E-state index contributed by atoms with van der Waals surface area (Å²) in [6, 6.07) is 0. The van der Waals surface area contributed by atoms with Crippen LogP contribution >= 0.6 is 23.2 Å². The van der Waals surface area contributed by atoms with E-state index >= 15 is 0 Å². The normalized spacial score (nSPS) is 30.9. The Hall–Kier alpha value is 0.420. The summed E-state index contributed by atoms with van der Waals surface area (Å²) in [5, 5.41) is -0.137. The van der Waals surface area contributed by atoms with Crippen LogP contribution in [0.5, 0.6) is 0 Å². The van der Waals surface area contributed by atoms with Gasteiger partial charge in [-0.2, -0.15) is 0 Å². The summed E-state index contributed by atoms with van der Waals surface area (Å²) >= 11 is 11.9. The number of alkyl halides is 2. The molecule has 0 N–H and O–H groups in total. The first-order valence-corrected chi connectivity index (χ1v) is 8.57. The van der Waals surface area contributed by atoms with Crippen LogP contribution in [0.25, 0.3) is 0 Å². The molecule has 5 unspecified atom stereocenters. The van der Waals surface area contributed by atoms with E-state index in [1.807, 2.05) is 13.8 Å². The van der Waals surface area contributed by atoms with Crippen molar-refractivity contribution in [3.8, 4) is 0 Å². The fourth-order valence-electron chi connectivity index (χ4n) is 3.22. The van der Waals surface area contributed by atoms with Gasteiger partial charge in [0, 0.05) is 5.88 Å². The Labute approximate surface area is 138 Å². The average Bonchev–Trinajstić information content (AvgIpc) is 2.43. The lowest BCUT2D eigenvalue weighted by Crippen LogP contribution is -2.48. The summed E-state index contributed by atoms with van der Waals surface area (Å²) < 4.78 is 0. The summed E-state index contributed by atoms with van der Waals surface area (Å²) in [6.07, 6.45) is 3.20. The molecule has 0 heterocycles. The highest BCUT2D eigenvalue weighted by molar-refractivity contribution is 6.21. The first kappa shape index (κ1) is 19.5. The minimum atomic E-state index is -0.500. The zero-order valence-corrected chi connectivity index (χ0v) is 15.0. The van der Waals surface area contributed by atoms with Crippen molar-refractivity contribution < 1.29 is 19.6 Å². The van der Waals surface area contributed by atoms with E-state index in [2.05, 4.69) is 6.92 Å². The van der Waals surface area contributed by atoms with E-state index in [-0.39, 0.29) is 5.38 Å². The zero-order valence-electron chi connectivity index (χ0n) is 13.4. The van der Waals surface area contributed by atoms with Crippen molar-refractivity contribution in [3.05, 3.63) is 0 Å². The summed E-state index contributed by atoms with van der Waals surface area (Å²) in [5.41, 5.74) is -0.500. The zero-order chi connectivity index (χ0) is 15.9. The van der Waals surface area contributed by atoms with Crippen LogP contribution in [-0.2, 0) is 19.6 Å². The van der Waals surface area contributed by atoms with Crippen molar-refractivity contribution >= 4 is 23.2 Å². The molecule has 0 amide bonds. The SMILES string of the molecule is COOC(C)(C(C)Cl)C1CC(C)CC(COOCCCl)C1. The number of hydrogen-bond donors (Lipinski definition) is 0. The molecule has 1 aliphatic rings. The molecule has 0 aromatic rings. The highest BCUT2D eigenvalue weighted by atomic mass is 35.5. The van der Waals surface area contributed by atoms with Crippen LogP contribution in [-0.4, -0.2) is 37.2 Å². The third-order valence-electron chi connectivity index (χ3n) is 4.45. The first-order chi connectivity index (χ1) is 9.93. The molecule has 0 aromatic heterocycles. The maximum Gasteiger partial charge on any atom is 0.119 e. The minimum Gasteiger partial charge on any atom is -0.239 e. The second kappa shape index (κ2) is 9.53. The van der Waals surface area contributed by atoms with Gasteiger partial charge >= 0.3 is 0 Å². The summed E-state index contributed by atoms with van der Waals surface area (Å²) in [6.45, 7) is 7.23. The van der Waals surface area contributed by atoms with E-state index in [9.17, 15) is 0 Å². The molecule has 6 heteroatoms. The van der Waals surface area contributed by atoms with E-state index in [0.29, 0.717) is 36.8 Å². The Bertz CT molecular complexity index is 291. The average molecular weight is 343 g/mol. The second-order valence-electron chi connectivity index (χ2n) is 6.22. The fraction of sp³-hybridized carbons (Fsp3) is 1.00. The molecule has 1 aliphatic carbocycles. The third kappa shape index (κ3) is 5.85. The lowest BCUT2D eigenvalue weighted by atomic mass is 9.69. The van der Waals surface area contributed by atoms with Gasteiger partial charge in [-0.3, -0.25) is 0 Å².